The number of nitrogens with zero attached hydrogens (tertiary/aromatic N) is 6. The van der Waals surface area contributed by atoms with Crippen molar-refractivity contribution in [2.24, 2.45) is 0 Å². The summed E-state index contributed by atoms with van der Waals surface area (Å²) in [7, 11) is 0. The molecule has 0 radical (unpaired) electrons. The number of aromatic nitrogens is 6. The van der Waals surface area contributed by atoms with Crippen molar-refractivity contribution in [1.82, 2.24) is 29.7 Å². The van der Waals surface area contributed by atoms with Gasteiger partial charge < -0.3 is 0 Å². The van der Waals surface area contributed by atoms with Crippen LogP contribution in [0.25, 0.3) is 28.1 Å². The summed E-state index contributed by atoms with van der Waals surface area (Å²) in [6.45, 7) is 2.06. The molecule has 0 atom stereocenters. The van der Waals surface area contributed by atoms with E-state index >= 15 is 0 Å². The fourth-order valence-corrected chi connectivity index (χ4v) is 2.42. The summed E-state index contributed by atoms with van der Waals surface area (Å²) in [6, 6.07) is 7.71. The van der Waals surface area contributed by atoms with Gasteiger partial charge in [0.15, 0.2) is 5.82 Å². The molecule has 0 aliphatic heterocycles. The maximum atomic E-state index is 4.58. The van der Waals surface area contributed by atoms with Crippen molar-refractivity contribution >= 4 is 10.9 Å². The van der Waals surface area contributed by atoms with Crippen LogP contribution >= 0.6 is 0 Å². The van der Waals surface area contributed by atoms with Crippen molar-refractivity contribution < 1.29 is 0 Å². The van der Waals surface area contributed by atoms with Gasteiger partial charge in [0, 0.05) is 24.0 Å². The van der Waals surface area contributed by atoms with Crippen LogP contribution in [0, 0.1) is 0 Å². The van der Waals surface area contributed by atoms with E-state index in [1.165, 1.54) is 0 Å². The minimum absolute atomic E-state index is 0.764. The van der Waals surface area contributed by atoms with Gasteiger partial charge in [-0.25, -0.2) is 14.6 Å². The first-order chi connectivity index (χ1) is 11.3. The van der Waals surface area contributed by atoms with Crippen LogP contribution in [-0.2, 0) is 6.42 Å². The van der Waals surface area contributed by atoms with Gasteiger partial charge in [-0.15, -0.1) is 0 Å². The Labute approximate surface area is 132 Å². The lowest BCUT2D eigenvalue weighted by molar-refractivity contribution is 0.874. The summed E-state index contributed by atoms with van der Waals surface area (Å²) in [5.41, 5.74) is 3.43. The zero-order valence-electron chi connectivity index (χ0n) is 12.6. The zero-order chi connectivity index (χ0) is 15.6. The topological polar surface area (TPSA) is 69.4 Å². The third kappa shape index (κ3) is 2.44. The third-order valence-electron chi connectivity index (χ3n) is 3.63. The molecule has 6 heteroatoms. The molecule has 0 aromatic carbocycles. The van der Waals surface area contributed by atoms with Crippen molar-refractivity contribution in [3.05, 3.63) is 60.9 Å². The van der Waals surface area contributed by atoms with Crippen LogP contribution < -0.4 is 0 Å². The van der Waals surface area contributed by atoms with Gasteiger partial charge in [-0.2, -0.15) is 5.10 Å². The van der Waals surface area contributed by atoms with Gasteiger partial charge in [-0.3, -0.25) is 9.97 Å². The fraction of sp³-hybridized carbons (Fsp3) is 0.118. The Balaban J connectivity index is 1.87. The molecule has 0 saturated heterocycles. The lowest BCUT2D eigenvalue weighted by atomic mass is 10.2. The average molecular weight is 302 g/mol. The highest BCUT2D eigenvalue weighted by atomic mass is 15.3. The lowest BCUT2D eigenvalue weighted by Crippen LogP contribution is -1.99. The van der Waals surface area contributed by atoms with Crippen molar-refractivity contribution in [3.8, 4) is 17.2 Å². The van der Waals surface area contributed by atoms with Gasteiger partial charge in [-0.05, 0) is 24.6 Å². The van der Waals surface area contributed by atoms with E-state index in [1.807, 2.05) is 24.3 Å². The lowest BCUT2D eigenvalue weighted by Gasteiger charge is -2.04. The number of hydrogen-bond donors (Lipinski definition) is 0. The summed E-state index contributed by atoms with van der Waals surface area (Å²) in [6.07, 6.45) is 9.69. The Bertz CT molecular complexity index is 961. The molecule has 4 heterocycles. The second kappa shape index (κ2) is 5.57. The highest BCUT2D eigenvalue weighted by Crippen LogP contribution is 2.22. The van der Waals surface area contributed by atoms with Crippen LogP contribution in [0.2, 0.25) is 0 Å². The predicted molar refractivity (Wildman–Crippen MR) is 87.1 cm³/mol. The minimum Gasteiger partial charge on any atom is -0.260 e. The first-order valence-electron chi connectivity index (χ1n) is 7.41. The first-order valence-corrected chi connectivity index (χ1v) is 7.41. The van der Waals surface area contributed by atoms with Crippen molar-refractivity contribution in [2.75, 3.05) is 0 Å². The molecule has 0 spiro atoms. The van der Waals surface area contributed by atoms with Gasteiger partial charge in [0.2, 0.25) is 0 Å². The maximum absolute atomic E-state index is 4.58. The van der Waals surface area contributed by atoms with E-state index in [2.05, 4.69) is 32.0 Å². The van der Waals surface area contributed by atoms with E-state index in [1.54, 1.807) is 35.7 Å². The third-order valence-corrected chi connectivity index (χ3v) is 3.63. The molecule has 4 aromatic heterocycles. The standard InChI is InChI=1S/C17H14N6/c1-2-13-10-18-11-15(22-13)14-7-16-12(8-20-14)9-21-23(16)17-5-3-4-6-19-17/h3-11H,2H2,1H3. The molecule has 112 valence electrons. The number of hydrogen-bond acceptors (Lipinski definition) is 5. The van der Waals surface area contributed by atoms with Crippen LogP contribution in [0.4, 0.5) is 0 Å². The number of fused-ring (bicyclic) bond motifs is 1. The smallest absolute Gasteiger partial charge is 0.153 e. The quantitative estimate of drug-likeness (QED) is 0.582. The van der Waals surface area contributed by atoms with Gasteiger partial charge in [0.1, 0.15) is 5.69 Å². The fourth-order valence-electron chi connectivity index (χ4n) is 2.42. The molecule has 0 amide bonds. The predicted octanol–water partition coefficient (Wildman–Crippen LogP) is 2.83. The molecule has 0 fully saturated rings. The second-order valence-corrected chi connectivity index (χ2v) is 5.12. The Hall–Kier alpha value is -3.15. The van der Waals surface area contributed by atoms with Crippen molar-refractivity contribution in [2.45, 2.75) is 13.3 Å². The van der Waals surface area contributed by atoms with E-state index in [9.17, 15) is 0 Å². The maximum Gasteiger partial charge on any atom is 0.153 e. The molecule has 23 heavy (non-hydrogen) atoms. The largest absolute Gasteiger partial charge is 0.260 e. The van der Waals surface area contributed by atoms with E-state index in [-0.39, 0.29) is 0 Å². The Kier molecular flexibility index (Phi) is 3.27. The van der Waals surface area contributed by atoms with Crippen molar-refractivity contribution in [1.29, 1.82) is 0 Å². The minimum atomic E-state index is 0.764. The SMILES string of the molecule is CCc1cncc(-c2cc3c(cn2)cnn3-c2ccccn2)n1. The summed E-state index contributed by atoms with van der Waals surface area (Å²) in [5.74, 6) is 0.771. The number of aryl methyl sites for hydroxylation is 1. The molecule has 4 aromatic rings. The number of rotatable bonds is 3. The van der Waals surface area contributed by atoms with Gasteiger partial charge in [-0.1, -0.05) is 13.0 Å². The van der Waals surface area contributed by atoms with Crippen LogP contribution in [0.15, 0.2) is 55.2 Å². The normalized spacial score (nSPS) is 11.0. The van der Waals surface area contributed by atoms with E-state index in [0.717, 1.165) is 40.2 Å². The summed E-state index contributed by atoms with van der Waals surface area (Å²) in [4.78, 5) is 17.7. The summed E-state index contributed by atoms with van der Waals surface area (Å²) < 4.78 is 1.80. The van der Waals surface area contributed by atoms with Gasteiger partial charge in [0.05, 0.1) is 29.3 Å². The monoisotopic (exact) mass is 302 g/mol. The molecule has 0 N–H and O–H groups in total. The average Bonchev–Trinajstić information content (AvgIpc) is 3.05. The Morgan fingerprint density at radius 1 is 1.00 bits per heavy atom. The van der Waals surface area contributed by atoms with Gasteiger partial charge in [0.25, 0.3) is 0 Å². The summed E-state index contributed by atoms with van der Waals surface area (Å²) in [5, 5.41) is 5.37. The molecule has 6 nitrogen and oxygen atoms in total. The van der Waals surface area contributed by atoms with E-state index in [0.29, 0.717) is 0 Å². The van der Waals surface area contributed by atoms with E-state index < -0.39 is 0 Å². The highest BCUT2D eigenvalue weighted by Gasteiger charge is 2.10. The molecule has 0 unspecified atom stereocenters. The summed E-state index contributed by atoms with van der Waals surface area (Å²) >= 11 is 0. The second-order valence-electron chi connectivity index (χ2n) is 5.12. The molecule has 0 bridgehead atoms. The van der Waals surface area contributed by atoms with E-state index in [4.69, 9.17) is 0 Å². The van der Waals surface area contributed by atoms with Crippen LogP contribution in [-0.4, -0.2) is 29.7 Å². The molecular formula is C17H14N6. The highest BCUT2D eigenvalue weighted by molar-refractivity contribution is 5.82. The van der Waals surface area contributed by atoms with Crippen LogP contribution in [0.5, 0.6) is 0 Å². The van der Waals surface area contributed by atoms with Crippen LogP contribution in [0.1, 0.15) is 12.6 Å². The molecule has 4 rings (SSSR count). The number of pyridine rings is 2. The molecular weight excluding hydrogens is 288 g/mol. The Morgan fingerprint density at radius 3 is 2.78 bits per heavy atom. The molecule has 0 aliphatic rings. The van der Waals surface area contributed by atoms with Crippen molar-refractivity contribution in [3.63, 3.8) is 0 Å². The van der Waals surface area contributed by atoms with Crippen LogP contribution in [0.3, 0.4) is 0 Å². The first kappa shape index (κ1) is 13.5. The zero-order valence-corrected chi connectivity index (χ0v) is 12.6. The molecule has 0 aliphatic carbocycles. The van der Waals surface area contributed by atoms with Gasteiger partial charge >= 0.3 is 0 Å². The molecule has 0 saturated carbocycles. The Morgan fingerprint density at radius 2 is 1.96 bits per heavy atom.